The van der Waals surface area contributed by atoms with Crippen LogP contribution in [-0.2, 0) is 16.1 Å². The topological polar surface area (TPSA) is 54.9 Å². The van der Waals surface area contributed by atoms with Gasteiger partial charge < -0.3 is 14.4 Å². The largest absolute Gasteiger partial charge is 0.497 e. The van der Waals surface area contributed by atoms with Crippen molar-refractivity contribution in [2.75, 3.05) is 38.3 Å². The van der Waals surface area contributed by atoms with Crippen molar-refractivity contribution in [3.63, 3.8) is 0 Å². The fourth-order valence-electron chi connectivity index (χ4n) is 4.13. The maximum absolute atomic E-state index is 13.3. The molecule has 8 heteroatoms. The lowest BCUT2D eigenvalue weighted by Crippen LogP contribution is -2.37. The number of methoxy groups -OCH3 is 1. The Kier molecular flexibility index (Phi) is 6.54. The van der Waals surface area contributed by atoms with E-state index in [1.807, 2.05) is 36.4 Å². The summed E-state index contributed by atoms with van der Waals surface area (Å²) in [4.78, 5) is 22.8. The van der Waals surface area contributed by atoms with Crippen molar-refractivity contribution in [3.05, 3.63) is 70.1 Å². The second kappa shape index (κ2) is 9.74. The van der Waals surface area contributed by atoms with Gasteiger partial charge >= 0.3 is 0 Å². The zero-order chi connectivity index (χ0) is 23.7. The monoisotopic (exact) mass is 491 g/mol. The van der Waals surface area contributed by atoms with Crippen molar-refractivity contribution in [1.29, 1.82) is 0 Å². The van der Waals surface area contributed by atoms with Crippen LogP contribution in [0.25, 0.3) is 17.0 Å². The molecule has 2 aromatic carbocycles. The fourth-order valence-corrected chi connectivity index (χ4v) is 5.37. The lowest BCUT2D eigenvalue weighted by molar-refractivity contribution is -0.122. The third-order valence-corrected chi connectivity index (χ3v) is 7.33. The summed E-state index contributed by atoms with van der Waals surface area (Å²) in [6.07, 6.45) is 1.94. The molecule has 2 aliphatic rings. The Morgan fingerprint density at radius 1 is 1.15 bits per heavy atom. The highest BCUT2D eigenvalue weighted by molar-refractivity contribution is 8.26. The fraction of sp³-hybridized carbons (Fsp3) is 0.269. The van der Waals surface area contributed by atoms with Crippen LogP contribution in [0.1, 0.15) is 16.7 Å². The van der Waals surface area contributed by atoms with Crippen molar-refractivity contribution >= 4 is 57.0 Å². The second-order valence-electron chi connectivity index (χ2n) is 8.31. The van der Waals surface area contributed by atoms with Crippen molar-refractivity contribution in [1.82, 2.24) is 9.88 Å². The van der Waals surface area contributed by atoms with E-state index in [-0.39, 0.29) is 5.91 Å². The lowest BCUT2D eigenvalue weighted by atomic mass is 10.1. The minimum Gasteiger partial charge on any atom is -0.497 e. The number of thiocarbonyl (C=S) groups is 1. The lowest BCUT2D eigenvalue weighted by Gasteiger charge is -2.29. The maximum atomic E-state index is 13.3. The summed E-state index contributed by atoms with van der Waals surface area (Å²) in [7, 11) is 1.63. The Bertz CT molecular complexity index is 1280. The number of hydrogen-bond donors (Lipinski definition) is 0. The predicted molar refractivity (Wildman–Crippen MR) is 141 cm³/mol. The van der Waals surface area contributed by atoms with Crippen LogP contribution in [0.15, 0.2) is 53.4 Å². The van der Waals surface area contributed by atoms with Crippen molar-refractivity contribution in [2.45, 2.75) is 13.5 Å². The van der Waals surface area contributed by atoms with E-state index in [1.165, 1.54) is 17.3 Å². The van der Waals surface area contributed by atoms with E-state index in [9.17, 15) is 4.79 Å². The summed E-state index contributed by atoms with van der Waals surface area (Å²) in [5.74, 6) is 1.58. The Hall–Kier alpha value is -2.94. The number of thioether (sulfide) groups is 1. The van der Waals surface area contributed by atoms with Gasteiger partial charge in [0.25, 0.3) is 5.91 Å². The number of benzene rings is 2. The number of aryl methyl sites for hydroxylation is 1. The molecule has 2 fully saturated rings. The summed E-state index contributed by atoms with van der Waals surface area (Å²) in [6.45, 7) is 5.36. The first kappa shape index (κ1) is 22.8. The summed E-state index contributed by atoms with van der Waals surface area (Å²) in [5.41, 5.74) is 4.03. The summed E-state index contributed by atoms with van der Waals surface area (Å²) in [6, 6.07) is 16.0. The van der Waals surface area contributed by atoms with Gasteiger partial charge in [-0.15, -0.1) is 0 Å². The SMILES string of the molecule is COc1ccc(CN2C(=O)/C(=C/c3cc4cc(C)ccc4nc3N3CCOCC3)SC2=S)cc1. The number of hydrogen-bond acceptors (Lipinski definition) is 7. The third kappa shape index (κ3) is 4.66. The first-order chi connectivity index (χ1) is 16.5. The highest BCUT2D eigenvalue weighted by Crippen LogP contribution is 2.36. The van der Waals surface area contributed by atoms with Crippen molar-refractivity contribution in [2.24, 2.45) is 0 Å². The van der Waals surface area contributed by atoms with Crippen LogP contribution in [0.2, 0.25) is 0 Å². The number of nitrogens with zero attached hydrogens (tertiary/aromatic N) is 3. The molecule has 5 rings (SSSR count). The molecule has 2 saturated heterocycles. The molecule has 0 bridgehead atoms. The van der Waals surface area contributed by atoms with Crippen LogP contribution >= 0.6 is 24.0 Å². The Balaban J connectivity index is 1.48. The minimum absolute atomic E-state index is 0.0805. The number of carbonyl (C=O) groups is 1. The molecule has 0 spiro atoms. The van der Waals surface area contributed by atoms with Crippen LogP contribution in [-0.4, -0.2) is 53.5 Å². The highest BCUT2D eigenvalue weighted by atomic mass is 32.2. The van der Waals surface area contributed by atoms with Crippen LogP contribution in [0.3, 0.4) is 0 Å². The average Bonchev–Trinajstić information content (AvgIpc) is 3.12. The van der Waals surface area contributed by atoms with Crippen molar-refractivity contribution < 1.29 is 14.3 Å². The van der Waals surface area contributed by atoms with Crippen LogP contribution < -0.4 is 9.64 Å². The Morgan fingerprint density at radius 2 is 1.91 bits per heavy atom. The smallest absolute Gasteiger partial charge is 0.266 e. The van der Waals surface area contributed by atoms with Gasteiger partial charge in [0.15, 0.2) is 0 Å². The van der Waals surface area contributed by atoms with E-state index in [4.69, 9.17) is 26.7 Å². The molecule has 6 nitrogen and oxygen atoms in total. The van der Waals surface area contributed by atoms with Gasteiger partial charge in [-0.3, -0.25) is 9.69 Å². The number of anilines is 1. The van der Waals surface area contributed by atoms with Gasteiger partial charge in [0.1, 0.15) is 15.9 Å². The molecule has 34 heavy (non-hydrogen) atoms. The third-order valence-electron chi connectivity index (χ3n) is 5.95. The molecule has 3 heterocycles. The number of ether oxygens (including phenoxy) is 2. The summed E-state index contributed by atoms with van der Waals surface area (Å²) >= 11 is 6.91. The molecule has 1 aromatic heterocycles. The molecule has 0 radical (unpaired) electrons. The molecule has 0 unspecified atom stereocenters. The molecule has 174 valence electrons. The van der Waals surface area contributed by atoms with Gasteiger partial charge in [-0.2, -0.15) is 0 Å². The van der Waals surface area contributed by atoms with Crippen LogP contribution in [0.5, 0.6) is 5.75 Å². The van der Waals surface area contributed by atoms with E-state index in [0.717, 1.165) is 46.7 Å². The van der Waals surface area contributed by atoms with Gasteiger partial charge in [0.05, 0.1) is 37.3 Å². The van der Waals surface area contributed by atoms with E-state index < -0.39 is 0 Å². The number of carbonyl (C=O) groups excluding carboxylic acids is 1. The molecular weight excluding hydrogens is 466 g/mol. The standard InChI is InChI=1S/C26H25N3O3S2/c1-17-3-8-22-19(13-17)14-20(24(27-22)28-9-11-32-12-10-28)15-23-25(30)29(26(33)34-23)16-18-4-6-21(31-2)7-5-18/h3-8,13-15H,9-12,16H2,1-2H3/b23-15-. The van der Waals surface area contributed by atoms with Gasteiger partial charge in [0, 0.05) is 24.0 Å². The number of pyridine rings is 1. The zero-order valence-corrected chi connectivity index (χ0v) is 20.7. The van der Waals surface area contributed by atoms with Gasteiger partial charge in [0.2, 0.25) is 0 Å². The summed E-state index contributed by atoms with van der Waals surface area (Å²) in [5, 5.41) is 1.05. The van der Waals surface area contributed by atoms with Gasteiger partial charge in [-0.1, -0.05) is 47.7 Å². The first-order valence-corrected chi connectivity index (χ1v) is 12.4. The van der Waals surface area contributed by atoms with Crippen molar-refractivity contribution in [3.8, 4) is 5.75 Å². The molecule has 1 amide bonds. The van der Waals surface area contributed by atoms with E-state index in [2.05, 4.69) is 30.0 Å². The van der Waals surface area contributed by atoms with E-state index in [0.29, 0.717) is 29.0 Å². The molecule has 3 aromatic rings. The zero-order valence-electron chi connectivity index (χ0n) is 19.1. The molecule has 0 aliphatic carbocycles. The van der Waals surface area contributed by atoms with E-state index in [1.54, 1.807) is 12.0 Å². The second-order valence-corrected chi connectivity index (χ2v) is 9.99. The normalized spacial score (nSPS) is 17.8. The van der Waals surface area contributed by atoms with E-state index >= 15 is 0 Å². The molecule has 0 N–H and O–H groups in total. The number of amides is 1. The molecule has 2 aliphatic heterocycles. The van der Waals surface area contributed by atoms with Crippen LogP contribution in [0, 0.1) is 6.92 Å². The Labute approximate surface area is 208 Å². The highest BCUT2D eigenvalue weighted by Gasteiger charge is 2.32. The van der Waals surface area contributed by atoms with Gasteiger partial charge in [-0.25, -0.2) is 4.98 Å². The van der Waals surface area contributed by atoms with Gasteiger partial charge in [-0.05, 0) is 48.9 Å². The minimum atomic E-state index is -0.0805. The number of morpholine rings is 1. The number of rotatable bonds is 5. The summed E-state index contributed by atoms with van der Waals surface area (Å²) < 4.78 is 11.3. The molecular formula is C26H25N3O3S2. The quantitative estimate of drug-likeness (QED) is 0.376. The maximum Gasteiger partial charge on any atom is 0.266 e. The molecule has 0 atom stereocenters. The Morgan fingerprint density at radius 3 is 2.65 bits per heavy atom. The average molecular weight is 492 g/mol. The first-order valence-electron chi connectivity index (χ1n) is 11.1. The molecule has 0 saturated carbocycles. The number of fused-ring (bicyclic) bond motifs is 1. The number of aromatic nitrogens is 1. The van der Waals surface area contributed by atoms with Crippen LogP contribution in [0.4, 0.5) is 5.82 Å². The predicted octanol–water partition coefficient (Wildman–Crippen LogP) is 4.79.